The first kappa shape index (κ1) is 15.2. The lowest BCUT2D eigenvalue weighted by Crippen LogP contribution is -2.45. The van der Waals surface area contributed by atoms with E-state index in [1.807, 2.05) is 12.1 Å². The van der Waals surface area contributed by atoms with Crippen molar-refractivity contribution in [3.05, 3.63) is 47.9 Å². The Morgan fingerprint density at radius 2 is 1.95 bits per heavy atom. The van der Waals surface area contributed by atoms with E-state index in [1.165, 1.54) is 23.7 Å². The third-order valence-electron chi connectivity index (χ3n) is 4.12. The van der Waals surface area contributed by atoms with E-state index < -0.39 is 15.6 Å². The van der Waals surface area contributed by atoms with Gasteiger partial charge in [0.2, 0.25) is 0 Å². The van der Waals surface area contributed by atoms with Gasteiger partial charge in [-0.05, 0) is 11.1 Å². The molecule has 2 aromatic rings. The van der Waals surface area contributed by atoms with Crippen LogP contribution in [0.2, 0.25) is 0 Å². The van der Waals surface area contributed by atoms with E-state index in [4.69, 9.17) is 4.74 Å². The highest BCUT2D eigenvalue weighted by Gasteiger charge is 2.38. The maximum atomic E-state index is 12.3. The molecule has 0 saturated heterocycles. The molecule has 1 aliphatic carbocycles. The van der Waals surface area contributed by atoms with E-state index >= 15 is 0 Å². The Labute approximate surface area is 130 Å². The molecule has 6 nitrogen and oxygen atoms in total. The Morgan fingerprint density at radius 3 is 2.45 bits per heavy atom. The molecule has 0 unspecified atom stereocenters. The van der Waals surface area contributed by atoms with Gasteiger partial charge in [0.15, 0.2) is 5.03 Å². The van der Waals surface area contributed by atoms with Crippen LogP contribution in [0.25, 0.3) is 0 Å². The van der Waals surface area contributed by atoms with Crippen molar-refractivity contribution in [3.8, 4) is 0 Å². The first-order valence-electron chi connectivity index (χ1n) is 7.04. The van der Waals surface area contributed by atoms with Crippen LogP contribution in [0, 0.1) is 0 Å². The number of aryl methyl sites for hydroxylation is 1. The molecule has 1 aliphatic rings. The van der Waals surface area contributed by atoms with Crippen LogP contribution < -0.4 is 4.72 Å². The minimum absolute atomic E-state index is 0.0248. The maximum absolute atomic E-state index is 12.3. The molecule has 0 atom stereocenters. The zero-order chi connectivity index (χ0) is 15.8. The van der Waals surface area contributed by atoms with Gasteiger partial charge in [0.05, 0.1) is 11.9 Å². The molecule has 3 rings (SSSR count). The van der Waals surface area contributed by atoms with Crippen LogP contribution in [0.15, 0.2) is 41.8 Å². The van der Waals surface area contributed by atoms with Crippen LogP contribution in [0.4, 0.5) is 0 Å². The van der Waals surface area contributed by atoms with Gasteiger partial charge < -0.3 is 9.30 Å². The number of rotatable bonds is 5. The molecule has 1 aromatic carbocycles. The van der Waals surface area contributed by atoms with Crippen molar-refractivity contribution in [2.24, 2.45) is 7.05 Å². The first-order chi connectivity index (χ1) is 10.4. The van der Waals surface area contributed by atoms with E-state index in [-0.39, 0.29) is 11.6 Å². The second kappa shape index (κ2) is 5.49. The summed E-state index contributed by atoms with van der Waals surface area (Å²) in [5.74, 6) is 0. The van der Waals surface area contributed by atoms with Gasteiger partial charge in [-0.3, -0.25) is 0 Å². The van der Waals surface area contributed by atoms with E-state index in [9.17, 15) is 8.42 Å². The second-order valence-electron chi connectivity index (χ2n) is 5.71. The number of imidazole rings is 1. The molecular weight excluding hydrogens is 302 g/mol. The summed E-state index contributed by atoms with van der Waals surface area (Å²) in [6.07, 6.45) is 4.34. The molecule has 0 bridgehead atoms. The largest absolute Gasteiger partial charge is 0.376 e. The quantitative estimate of drug-likeness (QED) is 0.887. The summed E-state index contributed by atoms with van der Waals surface area (Å²) in [6, 6.07) is 8.10. The van der Waals surface area contributed by atoms with Crippen molar-refractivity contribution in [3.63, 3.8) is 0 Å². The lowest BCUT2D eigenvalue weighted by molar-refractivity contribution is 0.00377. The van der Waals surface area contributed by atoms with Gasteiger partial charge in [-0.25, -0.2) is 18.1 Å². The molecule has 118 valence electrons. The SMILES string of the molecule is COC1(CNS(=O)(=O)c2cn(C)cn2)Cc2ccccc2C1. The molecule has 0 spiro atoms. The number of nitrogens with one attached hydrogen (secondary N) is 1. The number of ether oxygens (including phenoxy) is 1. The lowest BCUT2D eigenvalue weighted by atomic mass is 10.0. The van der Waals surface area contributed by atoms with Gasteiger partial charge >= 0.3 is 0 Å². The van der Waals surface area contributed by atoms with E-state index in [0.29, 0.717) is 12.8 Å². The fourth-order valence-electron chi connectivity index (χ4n) is 2.83. The Kier molecular flexibility index (Phi) is 3.80. The van der Waals surface area contributed by atoms with Crippen LogP contribution >= 0.6 is 0 Å². The summed E-state index contributed by atoms with van der Waals surface area (Å²) in [6.45, 7) is 0.219. The van der Waals surface area contributed by atoms with Crippen molar-refractivity contribution >= 4 is 10.0 Å². The average Bonchev–Trinajstić information content (AvgIpc) is 3.09. The highest BCUT2D eigenvalue weighted by atomic mass is 32.2. The van der Waals surface area contributed by atoms with Crippen LogP contribution in [-0.4, -0.2) is 37.2 Å². The summed E-state index contributed by atoms with van der Waals surface area (Å²) in [5.41, 5.74) is 1.88. The summed E-state index contributed by atoms with van der Waals surface area (Å²) in [4.78, 5) is 3.89. The second-order valence-corrected chi connectivity index (χ2v) is 7.43. The zero-order valence-corrected chi connectivity index (χ0v) is 13.4. The third-order valence-corrected chi connectivity index (χ3v) is 5.40. The number of aromatic nitrogens is 2. The molecule has 1 heterocycles. The van der Waals surface area contributed by atoms with Crippen LogP contribution in [0.1, 0.15) is 11.1 Å². The summed E-state index contributed by atoms with van der Waals surface area (Å²) in [5, 5.41) is 0.0248. The zero-order valence-electron chi connectivity index (χ0n) is 12.6. The van der Waals surface area contributed by atoms with E-state index in [0.717, 1.165) is 0 Å². The summed E-state index contributed by atoms with van der Waals surface area (Å²) in [7, 11) is -0.266. The smallest absolute Gasteiger partial charge is 0.259 e. The van der Waals surface area contributed by atoms with Gasteiger partial charge in [-0.15, -0.1) is 0 Å². The Balaban J connectivity index is 1.75. The minimum Gasteiger partial charge on any atom is -0.376 e. The molecule has 0 radical (unpaired) electrons. The van der Waals surface area contributed by atoms with Gasteiger partial charge in [0, 0.05) is 39.7 Å². The number of nitrogens with zero attached hydrogens (tertiary/aromatic N) is 2. The first-order valence-corrected chi connectivity index (χ1v) is 8.52. The Bertz CT molecular complexity index is 758. The fourth-order valence-corrected chi connectivity index (χ4v) is 3.92. The fraction of sp³-hybridized carbons (Fsp3) is 0.400. The van der Waals surface area contributed by atoms with Gasteiger partial charge in [0.1, 0.15) is 0 Å². The predicted molar refractivity (Wildman–Crippen MR) is 82.0 cm³/mol. The molecule has 1 N–H and O–H groups in total. The maximum Gasteiger partial charge on any atom is 0.259 e. The molecular formula is C15H19N3O3S. The third kappa shape index (κ3) is 2.79. The van der Waals surface area contributed by atoms with Gasteiger partial charge in [-0.2, -0.15) is 0 Å². The van der Waals surface area contributed by atoms with Gasteiger partial charge in [0.25, 0.3) is 10.0 Å². The molecule has 0 saturated carbocycles. The van der Waals surface area contributed by atoms with Gasteiger partial charge in [-0.1, -0.05) is 24.3 Å². The summed E-state index contributed by atoms with van der Waals surface area (Å²) < 4.78 is 34.5. The molecule has 0 fully saturated rings. The number of sulfonamides is 1. The van der Waals surface area contributed by atoms with Crippen molar-refractivity contribution in [1.29, 1.82) is 0 Å². The molecule has 7 heteroatoms. The minimum atomic E-state index is -3.62. The van der Waals surface area contributed by atoms with Crippen molar-refractivity contribution in [1.82, 2.24) is 14.3 Å². The number of methoxy groups -OCH3 is 1. The number of hydrogen-bond acceptors (Lipinski definition) is 4. The molecule has 22 heavy (non-hydrogen) atoms. The van der Waals surface area contributed by atoms with Crippen molar-refractivity contribution in [2.75, 3.05) is 13.7 Å². The molecule has 0 amide bonds. The molecule has 1 aromatic heterocycles. The van der Waals surface area contributed by atoms with E-state index in [2.05, 4.69) is 21.8 Å². The standard InChI is InChI=1S/C15H19N3O3S/c1-18-9-14(16-11-18)22(19,20)17-10-15(21-2)7-12-5-3-4-6-13(12)8-15/h3-6,9,11,17H,7-8,10H2,1-2H3. The lowest BCUT2D eigenvalue weighted by Gasteiger charge is -2.27. The average molecular weight is 321 g/mol. The monoisotopic (exact) mass is 321 g/mol. The summed E-state index contributed by atoms with van der Waals surface area (Å²) >= 11 is 0. The van der Waals surface area contributed by atoms with Crippen molar-refractivity contribution < 1.29 is 13.2 Å². The Morgan fingerprint density at radius 1 is 1.32 bits per heavy atom. The topological polar surface area (TPSA) is 73.2 Å². The Hall–Kier alpha value is -1.70. The number of fused-ring (bicyclic) bond motifs is 1. The number of hydrogen-bond donors (Lipinski definition) is 1. The normalized spacial score (nSPS) is 16.6. The highest BCUT2D eigenvalue weighted by Crippen LogP contribution is 2.32. The van der Waals surface area contributed by atoms with Crippen LogP contribution in [0.3, 0.4) is 0 Å². The van der Waals surface area contributed by atoms with Crippen molar-refractivity contribution in [2.45, 2.75) is 23.5 Å². The van der Waals surface area contributed by atoms with Crippen LogP contribution in [-0.2, 0) is 34.6 Å². The van der Waals surface area contributed by atoms with Crippen LogP contribution in [0.5, 0.6) is 0 Å². The molecule has 0 aliphatic heterocycles. The highest BCUT2D eigenvalue weighted by molar-refractivity contribution is 7.89. The predicted octanol–water partition coefficient (Wildman–Crippen LogP) is 0.882. The van der Waals surface area contributed by atoms with E-state index in [1.54, 1.807) is 18.7 Å². The number of benzene rings is 1.